The average molecular weight is 246 g/mol. The zero-order chi connectivity index (χ0) is 13.0. The molecule has 1 saturated heterocycles. The predicted octanol–water partition coefficient (Wildman–Crippen LogP) is 1.85. The molecule has 0 unspecified atom stereocenters. The van der Waals surface area contributed by atoms with Crippen molar-refractivity contribution in [3.63, 3.8) is 0 Å². The summed E-state index contributed by atoms with van der Waals surface area (Å²) in [4.78, 5) is 13.4. The highest BCUT2D eigenvalue weighted by atomic mass is 16.4. The molecule has 1 aliphatic heterocycles. The van der Waals surface area contributed by atoms with Crippen molar-refractivity contribution in [2.45, 2.75) is 25.3 Å². The molecule has 4 nitrogen and oxygen atoms in total. The van der Waals surface area contributed by atoms with Crippen LogP contribution in [-0.4, -0.2) is 40.2 Å². The number of aromatic nitrogens is 1. The van der Waals surface area contributed by atoms with Gasteiger partial charge in [0.15, 0.2) is 0 Å². The fourth-order valence-corrected chi connectivity index (χ4v) is 2.54. The molecule has 1 fully saturated rings. The smallest absolute Gasteiger partial charge is 0.352 e. The van der Waals surface area contributed by atoms with Gasteiger partial charge in [0, 0.05) is 38.3 Å². The van der Waals surface area contributed by atoms with Gasteiger partial charge in [-0.2, -0.15) is 0 Å². The van der Waals surface area contributed by atoms with Crippen molar-refractivity contribution in [3.05, 3.63) is 24.0 Å². The van der Waals surface area contributed by atoms with Crippen molar-refractivity contribution in [1.82, 2.24) is 9.47 Å². The Labute approximate surface area is 107 Å². The molecule has 1 N–H and O–H groups in total. The third-order valence-electron chi connectivity index (χ3n) is 3.52. The Morgan fingerprint density at radius 1 is 1.50 bits per heavy atom. The lowest BCUT2D eigenvalue weighted by Crippen LogP contribution is -2.35. The number of hydrogen-bond acceptors (Lipinski definition) is 2. The molecule has 1 aliphatic rings. The number of piperidine rings is 1. The number of rotatable bonds is 4. The number of carbonyl (C=O) groups is 1. The second-order valence-corrected chi connectivity index (χ2v) is 4.63. The molecule has 0 aromatic carbocycles. The number of carboxylic acids is 1. The molecule has 2 heterocycles. The monoisotopic (exact) mass is 246 g/mol. The molecule has 0 aliphatic carbocycles. The maximum atomic E-state index is 11.1. The molecule has 0 saturated carbocycles. The topological polar surface area (TPSA) is 45.5 Å². The van der Waals surface area contributed by atoms with E-state index in [0.29, 0.717) is 11.7 Å². The summed E-state index contributed by atoms with van der Waals surface area (Å²) < 4.78 is 1.89. The molecule has 18 heavy (non-hydrogen) atoms. The van der Waals surface area contributed by atoms with E-state index in [-0.39, 0.29) is 0 Å². The van der Waals surface area contributed by atoms with Gasteiger partial charge in [0.25, 0.3) is 0 Å². The summed E-state index contributed by atoms with van der Waals surface area (Å²) in [5, 5.41) is 9.10. The third kappa shape index (κ3) is 2.74. The van der Waals surface area contributed by atoms with Gasteiger partial charge in [-0.25, -0.2) is 4.79 Å². The zero-order valence-corrected chi connectivity index (χ0v) is 10.4. The fourth-order valence-electron chi connectivity index (χ4n) is 2.54. The Balaban J connectivity index is 1.95. The zero-order valence-electron chi connectivity index (χ0n) is 10.4. The summed E-state index contributed by atoms with van der Waals surface area (Å²) in [6, 6.07) is 3.76. The maximum absolute atomic E-state index is 11.1. The number of nitrogens with zero attached hydrogens (tertiary/aromatic N) is 2. The van der Waals surface area contributed by atoms with E-state index in [1.54, 1.807) is 12.1 Å². The van der Waals surface area contributed by atoms with Crippen LogP contribution < -0.4 is 0 Å². The summed E-state index contributed by atoms with van der Waals surface area (Å²) in [7, 11) is 0. The van der Waals surface area contributed by atoms with Crippen LogP contribution in [-0.2, 0) is 0 Å². The standard InChI is InChI=1S/C14H18N2O2/c1-2-3-8-15-10-6-12(7-11-15)16-9-4-5-13(16)14(17)18/h1,4-5,9,12H,3,6-8,10-11H2,(H,17,18). The van der Waals surface area contributed by atoms with E-state index >= 15 is 0 Å². The van der Waals surface area contributed by atoms with Crippen LogP contribution >= 0.6 is 0 Å². The largest absolute Gasteiger partial charge is 0.477 e. The SMILES string of the molecule is C#CCCN1CCC(n2cccc2C(=O)O)CC1. The Kier molecular flexibility index (Phi) is 4.06. The van der Waals surface area contributed by atoms with Crippen LogP contribution in [0.4, 0.5) is 0 Å². The van der Waals surface area contributed by atoms with Crippen LogP contribution in [0.1, 0.15) is 35.8 Å². The van der Waals surface area contributed by atoms with Gasteiger partial charge < -0.3 is 14.6 Å². The molecular formula is C14H18N2O2. The van der Waals surface area contributed by atoms with Gasteiger partial charge in [-0.1, -0.05) is 0 Å². The number of terminal acetylenes is 1. The molecule has 1 aromatic rings. The van der Waals surface area contributed by atoms with Gasteiger partial charge in [-0.15, -0.1) is 12.3 Å². The summed E-state index contributed by atoms with van der Waals surface area (Å²) in [5.41, 5.74) is 0.386. The summed E-state index contributed by atoms with van der Waals surface area (Å²) in [6.45, 7) is 2.92. The van der Waals surface area contributed by atoms with Crippen molar-refractivity contribution >= 4 is 5.97 Å². The molecular weight excluding hydrogens is 228 g/mol. The van der Waals surface area contributed by atoms with Crippen molar-refractivity contribution in [3.8, 4) is 12.3 Å². The minimum absolute atomic E-state index is 0.299. The number of aromatic carboxylic acids is 1. The molecule has 0 spiro atoms. The van der Waals surface area contributed by atoms with E-state index in [0.717, 1.165) is 38.9 Å². The minimum Gasteiger partial charge on any atom is -0.477 e. The Morgan fingerprint density at radius 2 is 2.22 bits per heavy atom. The van der Waals surface area contributed by atoms with Crippen molar-refractivity contribution in [1.29, 1.82) is 0 Å². The second-order valence-electron chi connectivity index (χ2n) is 4.63. The highest BCUT2D eigenvalue weighted by Crippen LogP contribution is 2.24. The maximum Gasteiger partial charge on any atom is 0.352 e. The van der Waals surface area contributed by atoms with Crippen LogP contribution in [0.25, 0.3) is 0 Å². The first kappa shape index (κ1) is 12.7. The van der Waals surface area contributed by atoms with Gasteiger partial charge in [-0.3, -0.25) is 0 Å². The van der Waals surface area contributed by atoms with Crippen LogP contribution in [0.2, 0.25) is 0 Å². The normalized spacial score (nSPS) is 17.5. The van der Waals surface area contributed by atoms with Crippen LogP contribution in [0.15, 0.2) is 18.3 Å². The van der Waals surface area contributed by atoms with Crippen molar-refractivity contribution in [2.24, 2.45) is 0 Å². The third-order valence-corrected chi connectivity index (χ3v) is 3.52. The molecule has 0 amide bonds. The Bertz CT molecular complexity index is 451. The minimum atomic E-state index is -0.852. The first-order chi connectivity index (χ1) is 8.72. The van der Waals surface area contributed by atoms with Gasteiger partial charge in [-0.05, 0) is 25.0 Å². The van der Waals surface area contributed by atoms with E-state index in [1.165, 1.54) is 0 Å². The molecule has 4 heteroatoms. The van der Waals surface area contributed by atoms with E-state index in [4.69, 9.17) is 11.5 Å². The van der Waals surface area contributed by atoms with Gasteiger partial charge in [0.1, 0.15) is 5.69 Å². The van der Waals surface area contributed by atoms with Crippen LogP contribution in [0, 0.1) is 12.3 Å². The van der Waals surface area contributed by atoms with Crippen molar-refractivity contribution < 1.29 is 9.90 Å². The molecule has 1 aromatic heterocycles. The summed E-state index contributed by atoms with van der Waals surface area (Å²) >= 11 is 0. The number of hydrogen-bond donors (Lipinski definition) is 1. The van der Waals surface area contributed by atoms with E-state index in [9.17, 15) is 4.79 Å². The van der Waals surface area contributed by atoms with Gasteiger partial charge in [0.05, 0.1) is 0 Å². The predicted molar refractivity (Wildman–Crippen MR) is 69.6 cm³/mol. The Morgan fingerprint density at radius 3 is 2.83 bits per heavy atom. The lowest BCUT2D eigenvalue weighted by atomic mass is 10.0. The lowest BCUT2D eigenvalue weighted by molar-refractivity contribution is 0.0678. The second kappa shape index (κ2) is 5.74. The van der Waals surface area contributed by atoms with Gasteiger partial charge in [0.2, 0.25) is 0 Å². The quantitative estimate of drug-likeness (QED) is 0.825. The first-order valence-electron chi connectivity index (χ1n) is 6.28. The van der Waals surface area contributed by atoms with E-state index in [1.807, 2.05) is 10.8 Å². The molecule has 0 radical (unpaired) electrons. The average Bonchev–Trinajstić information content (AvgIpc) is 2.86. The molecule has 0 atom stereocenters. The van der Waals surface area contributed by atoms with E-state index < -0.39 is 5.97 Å². The first-order valence-corrected chi connectivity index (χ1v) is 6.28. The molecule has 0 bridgehead atoms. The summed E-state index contributed by atoms with van der Waals surface area (Å²) in [5.74, 6) is 1.80. The summed E-state index contributed by atoms with van der Waals surface area (Å²) in [6.07, 6.45) is 9.88. The van der Waals surface area contributed by atoms with Crippen molar-refractivity contribution in [2.75, 3.05) is 19.6 Å². The highest BCUT2D eigenvalue weighted by molar-refractivity contribution is 5.85. The number of carboxylic acid groups (broad SMARTS) is 1. The van der Waals surface area contributed by atoms with E-state index in [2.05, 4.69) is 10.8 Å². The van der Waals surface area contributed by atoms with Crippen LogP contribution in [0.3, 0.4) is 0 Å². The van der Waals surface area contributed by atoms with Crippen LogP contribution in [0.5, 0.6) is 0 Å². The highest BCUT2D eigenvalue weighted by Gasteiger charge is 2.22. The fraction of sp³-hybridized carbons (Fsp3) is 0.500. The lowest BCUT2D eigenvalue weighted by Gasteiger charge is -2.32. The molecule has 96 valence electrons. The molecule has 2 rings (SSSR count). The number of likely N-dealkylation sites (tertiary alicyclic amines) is 1. The van der Waals surface area contributed by atoms with Gasteiger partial charge >= 0.3 is 5.97 Å². The Hall–Kier alpha value is -1.73.